The summed E-state index contributed by atoms with van der Waals surface area (Å²) >= 11 is 3.03. The maximum absolute atomic E-state index is 11.9. The molecule has 0 saturated carbocycles. The fourth-order valence-electron chi connectivity index (χ4n) is 1.36. The second-order valence-corrected chi connectivity index (χ2v) is 5.61. The average molecular weight is 359 g/mol. The van der Waals surface area contributed by atoms with Crippen molar-refractivity contribution in [3.05, 3.63) is 32.3 Å². The van der Waals surface area contributed by atoms with Crippen molar-refractivity contribution in [2.45, 2.75) is 12.4 Å². The minimum Gasteiger partial charge on any atom is -0.383 e. The van der Waals surface area contributed by atoms with Gasteiger partial charge in [-0.05, 0) is 40.7 Å². The number of hydrogen-bond acceptors (Lipinski definition) is 4. The van der Waals surface area contributed by atoms with Crippen molar-refractivity contribution in [3.8, 4) is 0 Å². The van der Waals surface area contributed by atoms with E-state index in [4.69, 9.17) is 0 Å². The quantitative estimate of drug-likeness (QED) is 0.483. The normalized spacial score (nSPS) is 11.4. The first-order chi connectivity index (χ1) is 8.70. The molecule has 0 bridgehead atoms. The molecule has 0 heterocycles. The third-order valence-corrected chi connectivity index (χ3v) is 3.56. The molecule has 1 aromatic carbocycles. The Labute approximate surface area is 120 Å². The largest absolute Gasteiger partial charge is 0.441 e. The molecule has 0 amide bonds. The monoisotopic (exact) mass is 358 g/mol. The van der Waals surface area contributed by atoms with Gasteiger partial charge in [0.15, 0.2) is 0 Å². The lowest BCUT2D eigenvalue weighted by atomic mass is 10.2. The van der Waals surface area contributed by atoms with E-state index in [1.54, 1.807) is 6.92 Å². The van der Waals surface area contributed by atoms with E-state index >= 15 is 0 Å². The average Bonchev–Trinajstić information content (AvgIpc) is 2.26. The van der Waals surface area contributed by atoms with Crippen molar-refractivity contribution < 1.29 is 18.1 Å². The fraction of sp³-hybridized carbons (Fsp3) is 0.400. The van der Waals surface area contributed by atoms with Gasteiger partial charge >= 0.3 is 5.51 Å². The first-order valence-corrected chi connectivity index (χ1v) is 6.87. The number of hydrogen-bond donors (Lipinski definition) is 1. The smallest absolute Gasteiger partial charge is 0.383 e. The Morgan fingerprint density at radius 3 is 2.63 bits per heavy atom. The van der Waals surface area contributed by atoms with Gasteiger partial charge in [-0.3, -0.25) is 10.1 Å². The minimum absolute atomic E-state index is 0.0397. The minimum atomic E-state index is -4.25. The Hall–Kier alpha value is -0.960. The lowest BCUT2D eigenvalue weighted by molar-refractivity contribution is -0.385. The molecule has 0 aliphatic carbocycles. The number of alkyl halides is 3. The Balaban J connectivity index is 2.65. The molecule has 0 unspecified atom stereocenters. The molecule has 0 aliphatic heterocycles. The van der Waals surface area contributed by atoms with Crippen molar-refractivity contribution in [2.24, 2.45) is 0 Å². The number of benzene rings is 1. The molecule has 0 aliphatic rings. The van der Waals surface area contributed by atoms with Crippen molar-refractivity contribution in [2.75, 3.05) is 17.6 Å². The summed E-state index contributed by atoms with van der Waals surface area (Å²) in [4.78, 5) is 10.2. The first kappa shape index (κ1) is 16.1. The van der Waals surface area contributed by atoms with Crippen LogP contribution in [0, 0.1) is 17.0 Å². The molecule has 1 aromatic rings. The molecule has 0 atom stereocenters. The number of nitro groups is 1. The van der Waals surface area contributed by atoms with E-state index < -0.39 is 10.4 Å². The van der Waals surface area contributed by atoms with Crippen LogP contribution in [-0.4, -0.2) is 22.7 Å². The van der Waals surface area contributed by atoms with Crippen LogP contribution in [0.4, 0.5) is 24.5 Å². The van der Waals surface area contributed by atoms with E-state index in [1.165, 1.54) is 12.1 Å². The number of thioether (sulfide) groups is 1. The van der Waals surface area contributed by atoms with E-state index in [-0.39, 0.29) is 29.7 Å². The number of nitrogens with zero attached hydrogens (tertiary/aromatic N) is 1. The Morgan fingerprint density at radius 1 is 1.47 bits per heavy atom. The number of anilines is 1. The third-order valence-electron chi connectivity index (χ3n) is 2.17. The molecular weight excluding hydrogens is 349 g/mol. The number of nitrogens with one attached hydrogen (secondary N) is 1. The highest BCUT2D eigenvalue weighted by Crippen LogP contribution is 2.32. The zero-order chi connectivity index (χ0) is 14.6. The van der Waals surface area contributed by atoms with Crippen LogP contribution < -0.4 is 5.32 Å². The van der Waals surface area contributed by atoms with Gasteiger partial charge in [0, 0.05) is 34.1 Å². The van der Waals surface area contributed by atoms with Crippen LogP contribution in [-0.2, 0) is 0 Å². The maximum Gasteiger partial charge on any atom is 0.441 e. The Bertz CT molecular complexity index is 483. The molecule has 19 heavy (non-hydrogen) atoms. The van der Waals surface area contributed by atoms with E-state index in [0.717, 1.165) is 0 Å². The van der Waals surface area contributed by atoms with Gasteiger partial charge in [0.2, 0.25) is 0 Å². The summed E-state index contributed by atoms with van der Waals surface area (Å²) in [5.41, 5.74) is -3.31. The number of aryl methyl sites for hydroxylation is 1. The topological polar surface area (TPSA) is 55.2 Å². The van der Waals surface area contributed by atoms with Crippen LogP contribution in [0.25, 0.3) is 0 Å². The van der Waals surface area contributed by atoms with Crippen LogP contribution in [0.5, 0.6) is 0 Å². The van der Waals surface area contributed by atoms with Gasteiger partial charge in [0.25, 0.3) is 5.69 Å². The van der Waals surface area contributed by atoms with Gasteiger partial charge in [0.1, 0.15) is 0 Å². The summed E-state index contributed by atoms with van der Waals surface area (Å²) in [5, 5.41) is 13.5. The molecule has 0 radical (unpaired) electrons. The summed E-state index contributed by atoms with van der Waals surface area (Å²) in [5.74, 6) is -0.133. The van der Waals surface area contributed by atoms with Gasteiger partial charge in [-0.25, -0.2) is 0 Å². The van der Waals surface area contributed by atoms with Crippen LogP contribution >= 0.6 is 27.7 Å². The van der Waals surface area contributed by atoms with Crippen molar-refractivity contribution >= 4 is 39.1 Å². The summed E-state index contributed by atoms with van der Waals surface area (Å²) in [6, 6.07) is 2.86. The van der Waals surface area contributed by atoms with Crippen molar-refractivity contribution in [1.82, 2.24) is 0 Å². The van der Waals surface area contributed by atoms with Crippen LogP contribution in [0.15, 0.2) is 16.6 Å². The Kier molecular flexibility index (Phi) is 5.48. The molecule has 0 aromatic heterocycles. The van der Waals surface area contributed by atoms with Crippen molar-refractivity contribution in [1.29, 1.82) is 0 Å². The molecule has 9 heteroatoms. The number of halogens is 4. The zero-order valence-corrected chi connectivity index (χ0v) is 12.2. The van der Waals surface area contributed by atoms with E-state index in [2.05, 4.69) is 21.2 Å². The molecule has 1 rings (SSSR count). The Morgan fingerprint density at radius 2 is 2.11 bits per heavy atom. The van der Waals surface area contributed by atoms with Crippen LogP contribution in [0.1, 0.15) is 5.56 Å². The van der Waals surface area contributed by atoms with E-state index in [0.29, 0.717) is 15.7 Å². The number of rotatable bonds is 5. The predicted molar refractivity (Wildman–Crippen MR) is 72.5 cm³/mol. The lowest BCUT2D eigenvalue weighted by Crippen LogP contribution is -2.10. The summed E-state index contributed by atoms with van der Waals surface area (Å²) < 4.78 is 36.2. The molecule has 0 spiro atoms. The fourth-order valence-corrected chi connectivity index (χ4v) is 2.26. The standard InChI is InChI=1S/C10H10BrF3N2O2S/c1-6-4-8(7(11)5-9(6)16(17)18)15-2-3-19-10(12,13)14/h4-5,15H,2-3H2,1H3. The summed E-state index contributed by atoms with van der Waals surface area (Å²) in [6.07, 6.45) is 0. The maximum atomic E-state index is 11.9. The SMILES string of the molecule is Cc1cc(NCCSC(F)(F)F)c(Br)cc1[N+](=O)[O-]. The second kappa shape index (κ2) is 6.47. The molecule has 0 fully saturated rings. The molecule has 0 saturated heterocycles. The van der Waals surface area contributed by atoms with Crippen LogP contribution in [0.3, 0.4) is 0 Å². The number of nitro benzene ring substituents is 1. The van der Waals surface area contributed by atoms with Crippen molar-refractivity contribution in [3.63, 3.8) is 0 Å². The highest BCUT2D eigenvalue weighted by atomic mass is 79.9. The summed E-state index contributed by atoms with van der Waals surface area (Å²) in [7, 11) is 0. The van der Waals surface area contributed by atoms with Gasteiger partial charge in [-0.15, -0.1) is 0 Å². The zero-order valence-electron chi connectivity index (χ0n) is 9.75. The highest BCUT2D eigenvalue weighted by molar-refractivity contribution is 9.10. The van der Waals surface area contributed by atoms with E-state index in [1.807, 2.05) is 0 Å². The van der Waals surface area contributed by atoms with Gasteiger partial charge in [-0.1, -0.05) is 0 Å². The third kappa shape index (κ3) is 5.27. The van der Waals surface area contributed by atoms with Gasteiger partial charge < -0.3 is 5.32 Å². The molecular formula is C10H10BrF3N2O2S. The van der Waals surface area contributed by atoms with Gasteiger partial charge in [-0.2, -0.15) is 13.2 Å². The van der Waals surface area contributed by atoms with Crippen LogP contribution in [0.2, 0.25) is 0 Å². The first-order valence-electron chi connectivity index (χ1n) is 5.10. The summed E-state index contributed by atoms with van der Waals surface area (Å²) in [6.45, 7) is 1.68. The lowest BCUT2D eigenvalue weighted by Gasteiger charge is -2.10. The predicted octanol–water partition coefficient (Wildman–Crippen LogP) is 4.33. The molecule has 106 valence electrons. The van der Waals surface area contributed by atoms with E-state index in [9.17, 15) is 23.3 Å². The molecule has 1 N–H and O–H groups in total. The second-order valence-electron chi connectivity index (χ2n) is 3.60. The molecule has 4 nitrogen and oxygen atoms in total. The van der Waals surface area contributed by atoms with Gasteiger partial charge in [0.05, 0.1) is 4.92 Å². The highest BCUT2D eigenvalue weighted by Gasteiger charge is 2.27.